The first-order valence-corrected chi connectivity index (χ1v) is 7.54. The van der Waals surface area contributed by atoms with Crippen LogP contribution in [0.5, 0.6) is 0 Å². The lowest BCUT2D eigenvalue weighted by Gasteiger charge is -2.16. The van der Waals surface area contributed by atoms with Crippen LogP contribution in [0.2, 0.25) is 10.0 Å². The van der Waals surface area contributed by atoms with Crippen LogP contribution in [0.25, 0.3) is 0 Å². The van der Waals surface area contributed by atoms with E-state index < -0.39 is 0 Å². The van der Waals surface area contributed by atoms with Gasteiger partial charge in [0.2, 0.25) is 0 Å². The summed E-state index contributed by atoms with van der Waals surface area (Å²) in [5.41, 5.74) is 2.25. The molecule has 2 rings (SSSR count). The van der Waals surface area contributed by atoms with E-state index in [0.29, 0.717) is 10.0 Å². The van der Waals surface area contributed by atoms with Crippen LogP contribution in [0.4, 0.5) is 0 Å². The first-order chi connectivity index (χ1) is 9.08. The summed E-state index contributed by atoms with van der Waals surface area (Å²) in [5.74, 6) is 0. The average Bonchev–Trinajstić information content (AvgIpc) is 2.41. The molecule has 0 aliphatic carbocycles. The van der Waals surface area contributed by atoms with Crippen LogP contribution in [0.3, 0.4) is 0 Å². The minimum Gasteiger partial charge on any atom is -0.306 e. The fourth-order valence-corrected chi connectivity index (χ4v) is 2.57. The van der Waals surface area contributed by atoms with Gasteiger partial charge in [0, 0.05) is 17.1 Å². The lowest BCUT2D eigenvalue weighted by Crippen LogP contribution is -2.18. The van der Waals surface area contributed by atoms with Crippen LogP contribution < -0.4 is 5.32 Å². The summed E-state index contributed by atoms with van der Waals surface area (Å²) in [7, 11) is 0. The third kappa shape index (κ3) is 3.96. The zero-order valence-corrected chi connectivity index (χ0v) is 13.6. The molecule has 0 spiro atoms. The van der Waals surface area contributed by atoms with Crippen LogP contribution >= 0.6 is 39.1 Å². The van der Waals surface area contributed by atoms with Gasteiger partial charge in [-0.3, -0.25) is 0 Å². The molecule has 1 N–H and O–H groups in total. The lowest BCUT2D eigenvalue weighted by atomic mass is 10.1. The highest BCUT2D eigenvalue weighted by Crippen LogP contribution is 2.29. The average molecular weight is 359 g/mol. The summed E-state index contributed by atoms with van der Waals surface area (Å²) in [6, 6.07) is 14.1. The van der Waals surface area contributed by atoms with Gasteiger partial charge in [0.1, 0.15) is 0 Å². The van der Waals surface area contributed by atoms with Gasteiger partial charge in [-0.25, -0.2) is 0 Å². The van der Waals surface area contributed by atoms with E-state index in [1.54, 1.807) is 6.07 Å². The molecule has 0 radical (unpaired) electrons. The lowest BCUT2D eigenvalue weighted by molar-refractivity contribution is 0.575. The van der Waals surface area contributed by atoms with Gasteiger partial charge in [0.15, 0.2) is 0 Å². The standard InChI is InChI=1S/C15H14BrCl2N/c1-10(13-3-2-4-14(17)15(13)18)19-9-11-5-7-12(16)8-6-11/h2-8,10,19H,9H2,1H3. The van der Waals surface area contributed by atoms with Gasteiger partial charge in [0.25, 0.3) is 0 Å². The molecule has 0 heterocycles. The second kappa shape index (κ2) is 6.76. The van der Waals surface area contributed by atoms with Crippen molar-refractivity contribution in [1.29, 1.82) is 0 Å². The Bertz CT molecular complexity index is 555. The summed E-state index contributed by atoms with van der Waals surface area (Å²) in [4.78, 5) is 0. The van der Waals surface area contributed by atoms with Crippen LogP contribution in [-0.2, 0) is 6.54 Å². The molecule has 0 bridgehead atoms. The third-order valence-corrected chi connectivity index (χ3v) is 4.34. The van der Waals surface area contributed by atoms with E-state index in [9.17, 15) is 0 Å². The molecule has 0 aliphatic rings. The van der Waals surface area contributed by atoms with Crippen molar-refractivity contribution < 1.29 is 0 Å². The van der Waals surface area contributed by atoms with E-state index in [-0.39, 0.29) is 6.04 Å². The number of rotatable bonds is 4. The summed E-state index contributed by atoms with van der Waals surface area (Å²) in [6.07, 6.45) is 0. The fraction of sp³-hybridized carbons (Fsp3) is 0.200. The molecule has 2 aromatic rings. The monoisotopic (exact) mass is 357 g/mol. The molecule has 0 amide bonds. The van der Waals surface area contributed by atoms with Gasteiger partial charge >= 0.3 is 0 Å². The maximum Gasteiger partial charge on any atom is 0.0639 e. The maximum atomic E-state index is 6.21. The Balaban J connectivity index is 2.03. The Hall–Kier alpha value is -0.540. The van der Waals surface area contributed by atoms with Crippen molar-refractivity contribution in [3.63, 3.8) is 0 Å². The summed E-state index contributed by atoms with van der Waals surface area (Å²) < 4.78 is 1.09. The van der Waals surface area contributed by atoms with Gasteiger partial charge in [-0.05, 0) is 36.2 Å². The quantitative estimate of drug-likeness (QED) is 0.749. The highest BCUT2D eigenvalue weighted by molar-refractivity contribution is 9.10. The smallest absolute Gasteiger partial charge is 0.0639 e. The Labute approximate surface area is 132 Å². The SMILES string of the molecule is CC(NCc1ccc(Br)cc1)c1cccc(Cl)c1Cl. The molecule has 1 atom stereocenters. The number of halogens is 3. The van der Waals surface area contributed by atoms with E-state index in [0.717, 1.165) is 16.6 Å². The Morgan fingerprint density at radius 1 is 1.11 bits per heavy atom. The van der Waals surface area contributed by atoms with Crippen LogP contribution in [0.15, 0.2) is 46.9 Å². The summed E-state index contributed by atoms with van der Waals surface area (Å²) >= 11 is 15.7. The van der Waals surface area contributed by atoms with E-state index in [1.165, 1.54) is 5.56 Å². The van der Waals surface area contributed by atoms with Gasteiger partial charge in [-0.2, -0.15) is 0 Å². The van der Waals surface area contributed by atoms with E-state index >= 15 is 0 Å². The predicted octanol–water partition coefficient (Wildman–Crippen LogP) is 5.61. The van der Waals surface area contributed by atoms with Crippen LogP contribution in [-0.4, -0.2) is 0 Å². The van der Waals surface area contributed by atoms with Crippen molar-refractivity contribution in [3.05, 3.63) is 68.1 Å². The largest absolute Gasteiger partial charge is 0.306 e. The molecule has 0 aliphatic heterocycles. The van der Waals surface area contributed by atoms with Crippen molar-refractivity contribution in [3.8, 4) is 0 Å². The van der Waals surface area contributed by atoms with Crippen molar-refractivity contribution in [2.24, 2.45) is 0 Å². The second-order valence-corrected chi connectivity index (χ2v) is 6.07. The zero-order valence-electron chi connectivity index (χ0n) is 10.5. The van der Waals surface area contributed by atoms with Gasteiger partial charge in [-0.15, -0.1) is 0 Å². The third-order valence-electron chi connectivity index (χ3n) is 2.97. The molecule has 1 unspecified atom stereocenters. The maximum absolute atomic E-state index is 6.21. The van der Waals surface area contributed by atoms with Crippen molar-refractivity contribution in [2.75, 3.05) is 0 Å². The Morgan fingerprint density at radius 3 is 2.47 bits per heavy atom. The minimum absolute atomic E-state index is 0.148. The molecular weight excluding hydrogens is 345 g/mol. The molecule has 1 nitrogen and oxygen atoms in total. The first-order valence-electron chi connectivity index (χ1n) is 5.99. The van der Waals surface area contributed by atoms with Crippen molar-refractivity contribution >= 4 is 39.1 Å². The fourth-order valence-electron chi connectivity index (χ4n) is 1.84. The molecule has 2 aromatic carbocycles. The molecule has 0 fully saturated rings. The van der Waals surface area contributed by atoms with E-state index in [4.69, 9.17) is 23.2 Å². The van der Waals surface area contributed by atoms with E-state index in [2.05, 4.69) is 40.3 Å². The number of hydrogen-bond donors (Lipinski definition) is 1. The van der Waals surface area contributed by atoms with Gasteiger partial charge < -0.3 is 5.32 Å². The predicted molar refractivity (Wildman–Crippen MR) is 85.9 cm³/mol. The second-order valence-electron chi connectivity index (χ2n) is 4.37. The number of hydrogen-bond acceptors (Lipinski definition) is 1. The summed E-state index contributed by atoms with van der Waals surface area (Å²) in [5, 5.41) is 4.66. The van der Waals surface area contributed by atoms with Gasteiger partial charge in [-0.1, -0.05) is 63.4 Å². The highest BCUT2D eigenvalue weighted by atomic mass is 79.9. The zero-order chi connectivity index (χ0) is 13.8. The van der Waals surface area contributed by atoms with Crippen LogP contribution in [0.1, 0.15) is 24.1 Å². The van der Waals surface area contributed by atoms with Crippen LogP contribution in [0, 0.1) is 0 Å². The topological polar surface area (TPSA) is 12.0 Å². The molecule has 100 valence electrons. The van der Waals surface area contributed by atoms with Crippen molar-refractivity contribution in [1.82, 2.24) is 5.32 Å². The molecular formula is C15H14BrCl2N. The molecule has 4 heteroatoms. The minimum atomic E-state index is 0.148. The number of benzene rings is 2. The van der Waals surface area contributed by atoms with E-state index in [1.807, 2.05) is 24.3 Å². The Kier molecular flexibility index (Phi) is 5.28. The van der Waals surface area contributed by atoms with Crippen molar-refractivity contribution in [2.45, 2.75) is 19.5 Å². The normalized spacial score (nSPS) is 12.4. The molecule has 0 saturated carbocycles. The highest BCUT2D eigenvalue weighted by Gasteiger charge is 2.11. The number of nitrogens with one attached hydrogen (secondary N) is 1. The Morgan fingerprint density at radius 2 is 1.79 bits per heavy atom. The first kappa shape index (κ1) is 14.9. The molecule has 19 heavy (non-hydrogen) atoms. The summed E-state index contributed by atoms with van der Waals surface area (Å²) in [6.45, 7) is 2.87. The molecule has 0 aromatic heterocycles. The molecule has 0 saturated heterocycles. The van der Waals surface area contributed by atoms with Gasteiger partial charge in [0.05, 0.1) is 10.0 Å².